The summed E-state index contributed by atoms with van der Waals surface area (Å²) in [5.41, 5.74) is 8.12. The van der Waals surface area contributed by atoms with Gasteiger partial charge in [0.2, 0.25) is 0 Å². The van der Waals surface area contributed by atoms with Gasteiger partial charge in [0.1, 0.15) is 17.3 Å². The first-order valence-electron chi connectivity index (χ1n) is 9.63. The lowest BCUT2D eigenvalue weighted by Crippen LogP contribution is -2.13. The highest BCUT2D eigenvalue weighted by Crippen LogP contribution is 2.31. The fourth-order valence-corrected chi connectivity index (χ4v) is 2.43. The quantitative estimate of drug-likeness (QED) is 0.756. The molecular weight excluding hydrogens is 388 g/mol. The highest BCUT2D eigenvalue weighted by Gasteiger charge is 2.21. The molecule has 1 heterocycles. The molecule has 0 aliphatic carbocycles. The van der Waals surface area contributed by atoms with Crippen LogP contribution in [0, 0.1) is 47.4 Å². The van der Waals surface area contributed by atoms with Crippen LogP contribution in [0.1, 0.15) is 40.3 Å². The second kappa shape index (κ2) is 10.5. The molecule has 1 aromatic heterocycles. The number of carbonyl (C=O) groups excluding carboxylic acids is 1. The number of carbonyl (C=O) groups is 1. The first-order valence-corrected chi connectivity index (χ1v) is 9.63. The van der Waals surface area contributed by atoms with E-state index in [0.29, 0.717) is 29.5 Å². The van der Waals surface area contributed by atoms with Crippen molar-refractivity contribution >= 4 is 17.4 Å². The molecule has 0 radical (unpaired) electrons. The molecule has 31 heavy (non-hydrogen) atoms. The fourth-order valence-electron chi connectivity index (χ4n) is 2.43. The van der Waals surface area contributed by atoms with Crippen molar-refractivity contribution in [1.82, 2.24) is 9.78 Å². The maximum atomic E-state index is 12.1. The Morgan fingerprint density at radius 1 is 1.13 bits per heavy atom. The molecule has 156 valence electrons. The van der Waals surface area contributed by atoms with Crippen molar-refractivity contribution < 1.29 is 9.53 Å². The summed E-state index contributed by atoms with van der Waals surface area (Å²) < 4.78 is 7.39. The van der Waals surface area contributed by atoms with Crippen LogP contribution in [0.5, 0.6) is 5.75 Å². The van der Waals surface area contributed by atoms with Crippen LogP contribution < -0.4 is 15.8 Å². The van der Waals surface area contributed by atoms with E-state index >= 15 is 0 Å². The first kappa shape index (κ1) is 23.0. The van der Waals surface area contributed by atoms with Crippen LogP contribution in [-0.2, 0) is 10.2 Å². The van der Waals surface area contributed by atoms with Gasteiger partial charge in [0.15, 0.2) is 0 Å². The van der Waals surface area contributed by atoms with Crippen LogP contribution in [0.3, 0.4) is 0 Å². The number of nitrogens with zero attached hydrogens (tertiary/aromatic N) is 2. The van der Waals surface area contributed by atoms with Gasteiger partial charge in [-0.2, -0.15) is 5.10 Å². The summed E-state index contributed by atoms with van der Waals surface area (Å²) in [5.74, 6) is 20.6. The Balaban J connectivity index is 2.25. The number of anilines is 2. The summed E-state index contributed by atoms with van der Waals surface area (Å²) in [4.78, 5) is 12.1. The number of aromatic nitrogens is 2. The topological polar surface area (TPSA) is 82.2 Å². The molecule has 6 nitrogen and oxygen atoms in total. The van der Waals surface area contributed by atoms with Gasteiger partial charge in [-0.1, -0.05) is 26.7 Å². The monoisotopic (exact) mass is 412 g/mol. The molecule has 0 saturated heterocycles. The van der Waals surface area contributed by atoms with E-state index in [-0.39, 0.29) is 5.41 Å². The molecule has 0 aliphatic heterocycles. The lowest BCUT2D eigenvalue weighted by Gasteiger charge is -2.15. The summed E-state index contributed by atoms with van der Waals surface area (Å²) in [5, 5.41) is 7.32. The van der Waals surface area contributed by atoms with E-state index in [1.54, 1.807) is 29.8 Å². The summed E-state index contributed by atoms with van der Waals surface area (Å²) in [7, 11) is 0. The molecule has 3 N–H and O–H groups in total. The van der Waals surface area contributed by atoms with E-state index in [1.807, 2.05) is 13.0 Å². The minimum atomic E-state index is -0.501. The van der Waals surface area contributed by atoms with Crippen molar-refractivity contribution in [2.75, 3.05) is 17.7 Å². The van der Waals surface area contributed by atoms with Crippen molar-refractivity contribution in [1.29, 1.82) is 0 Å². The fraction of sp³-hybridized carbons (Fsp3) is 0.280. The maximum absolute atomic E-state index is 12.1. The summed E-state index contributed by atoms with van der Waals surface area (Å²) in [6, 6.07) is 7.07. The maximum Gasteiger partial charge on any atom is 0.301 e. The van der Waals surface area contributed by atoms with Crippen molar-refractivity contribution in [3.63, 3.8) is 0 Å². The van der Waals surface area contributed by atoms with Crippen LogP contribution >= 0.6 is 0 Å². The Morgan fingerprint density at radius 3 is 2.42 bits per heavy atom. The predicted molar refractivity (Wildman–Crippen MR) is 123 cm³/mol. The zero-order valence-corrected chi connectivity index (χ0v) is 18.3. The molecule has 0 unspecified atom stereocenters. The van der Waals surface area contributed by atoms with Gasteiger partial charge in [-0.05, 0) is 61.5 Å². The number of benzene rings is 1. The molecule has 0 aliphatic rings. The second-order valence-electron chi connectivity index (χ2n) is 7.31. The van der Waals surface area contributed by atoms with E-state index in [4.69, 9.17) is 10.5 Å². The lowest BCUT2D eigenvalue weighted by molar-refractivity contribution is -0.111. The number of hydrogen-bond donors (Lipinski definition) is 2. The third-order valence-electron chi connectivity index (χ3n) is 3.86. The number of hydrogen-bond acceptors (Lipinski definition) is 4. The van der Waals surface area contributed by atoms with Crippen LogP contribution in [0.15, 0.2) is 24.3 Å². The van der Waals surface area contributed by atoms with E-state index in [0.717, 1.165) is 5.69 Å². The number of nitrogen functional groups attached to an aromatic ring is 1. The Bertz CT molecular complexity index is 1220. The summed E-state index contributed by atoms with van der Waals surface area (Å²) in [6.07, 6.45) is 0. The molecule has 0 fully saturated rings. The minimum Gasteiger partial charge on any atom is -0.492 e. The first-order chi connectivity index (χ1) is 14.8. The smallest absolute Gasteiger partial charge is 0.301 e. The van der Waals surface area contributed by atoms with Gasteiger partial charge in [-0.3, -0.25) is 4.79 Å². The number of rotatable bonds is 4. The average molecular weight is 412 g/mol. The Morgan fingerprint density at radius 2 is 1.81 bits per heavy atom. The average Bonchev–Trinajstić information content (AvgIpc) is 3.10. The van der Waals surface area contributed by atoms with Crippen molar-refractivity contribution in [3.05, 3.63) is 30.0 Å². The third-order valence-corrected chi connectivity index (χ3v) is 3.86. The van der Waals surface area contributed by atoms with Gasteiger partial charge >= 0.3 is 5.91 Å². The van der Waals surface area contributed by atoms with Crippen LogP contribution in [0.25, 0.3) is 5.69 Å². The Hall–Kier alpha value is -4.26. The number of ether oxygens (including phenoxy) is 1. The van der Waals surface area contributed by atoms with E-state index in [1.165, 1.54) is 0 Å². The van der Waals surface area contributed by atoms with E-state index in [2.05, 4.69) is 78.6 Å². The van der Waals surface area contributed by atoms with E-state index in [9.17, 15) is 4.79 Å². The molecule has 1 amide bonds. The van der Waals surface area contributed by atoms with E-state index < -0.39 is 5.91 Å². The lowest BCUT2D eigenvalue weighted by atomic mass is 9.92. The molecular formula is C25H24N4O2. The highest BCUT2D eigenvalue weighted by atomic mass is 16.5. The SMILES string of the molecule is CC#CC#CC#CC#CC(=O)Nc1ccc(-n2nc(C(C)(C)C)cc2N)c(OCC)c1. The minimum absolute atomic E-state index is 0.143. The summed E-state index contributed by atoms with van der Waals surface area (Å²) in [6.45, 7) is 10.2. The number of nitrogens with two attached hydrogens (primary N) is 1. The van der Waals surface area contributed by atoms with Gasteiger partial charge in [0, 0.05) is 29.2 Å². The number of amides is 1. The molecule has 0 saturated carbocycles. The molecule has 0 spiro atoms. The Labute approximate surface area is 183 Å². The molecule has 1 aromatic carbocycles. The molecule has 0 bridgehead atoms. The van der Waals surface area contributed by atoms with Gasteiger partial charge in [-0.15, -0.1) is 0 Å². The number of nitrogens with one attached hydrogen (secondary N) is 1. The van der Waals surface area contributed by atoms with Crippen molar-refractivity contribution in [3.8, 4) is 58.8 Å². The molecule has 2 rings (SSSR count). The van der Waals surface area contributed by atoms with Crippen LogP contribution in [0.4, 0.5) is 11.5 Å². The van der Waals surface area contributed by atoms with Crippen molar-refractivity contribution in [2.24, 2.45) is 0 Å². The zero-order valence-electron chi connectivity index (χ0n) is 18.3. The van der Waals surface area contributed by atoms with Gasteiger partial charge in [0.05, 0.1) is 12.3 Å². The largest absolute Gasteiger partial charge is 0.492 e. The zero-order chi connectivity index (χ0) is 22.9. The summed E-state index contributed by atoms with van der Waals surface area (Å²) >= 11 is 0. The Kier molecular flexibility index (Phi) is 7.80. The normalized spacial score (nSPS) is 9.45. The standard InChI is InChI=1S/C25H24N4O2/c1-6-8-9-10-11-12-13-14-24(30)27-19-15-16-20(21(17-19)31-7-2)29-23(26)18-22(28-29)25(3,4)5/h15-18H,7,26H2,1-5H3,(H,27,30). The van der Waals surface area contributed by atoms with Crippen LogP contribution in [-0.4, -0.2) is 22.3 Å². The highest BCUT2D eigenvalue weighted by molar-refractivity contribution is 6.04. The van der Waals surface area contributed by atoms with Crippen LogP contribution in [0.2, 0.25) is 0 Å². The van der Waals surface area contributed by atoms with Gasteiger partial charge in [0.25, 0.3) is 0 Å². The molecule has 2 aromatic rings. The van der Waals surface area contributed by atoms with Gasteiger partial charge in [-0.25, -0.2) is 4.68 Å². The third kappa shape index (κ3) is 6.64. The predicted octanol–water partition coefficient (Wildman–Crippen LogP) is 3.12. The molecule has 0 atom stereocenters. The van der Waals surface area contributed by atoms with Gasteiger partial charge < -0.3 is 15.8 Å². The van der Waals surface area contributed by atoms with Crippen molar-refractivity contribution in [2.45, 2.75) is 40.0 Å². The second-order valence-corrected chi connectivity index (χ2v) is 7.31. The molecule has 6 heteroatoms.